The lowest BCUT2D eigenvalue weighted by atomic mass is 9.76. The van der Waals surface area contributed by atoms with Crippen LogP contribution in [-0.2, 0) is 9.53 Å². The topological polar surface area (TPSA) is 38.3 Å². The number of esters is 1. The van der Waals surface area contributed by atoms with E-state index in [1.807, 2.05) is 0 Å². The van der Waals surface area contributed by atoms with Crippen molar-refractivity contribution >= 4 is 5.97 Å². The van der Waals surface area contributed by atoms with Crippen LogP contribution in [0.15, 0.2) is 0 Å². The van der Waals surface area contributed by atoms with Gasteiger partial charge in [-0.3, -0.25) is 4.79 Å². The van der Waals surface area contributed by atoms with E-state index in [1.165, 1.54) is 19.3 Å². The molecule has 3 nitrogen and oxygen atoms in total. The van der Waals surface area contributed by atoms with Crippen LogP contribution >= 0.6 is 0 Å². The van der Waals surface area contributed by atoms with Gasteiger partial charge in [0.1, 0.15) is 6.10 Å². The van der Waals surface area contributed by atoms with E-state index in [0.717, 1.165) is 38.8 Å². The third-order valence-electron chi connectivity index (χ3n) is 4.96. The highest BCUT2D eigenvalue weighted by Gasteiger charge is 2.41. The van der Waals surface area contributed by atoms with Crippen molar-refractivity contribution in [2.45, 2.75) is 64.9 Å². The third kappa shape index (κ3) is 2.87. The minimum atomic E-state index is -0.206. The molecule has 1 aliphatic heterocycles. The van der Waals surface area contributed by atoms with Gasteiger partial charge in [-0.15, -0.1) is 0 Å². The largest absolute Gasteiger partial charge is 0.462 e. The van der Waals surface area contributed by atoms with Crippen molar-refractivity contribution in [2.75, 3.05) is 13.1 Å². The monoisotopic (exact) mass is 253 g/mol. The van der Waals surface area contributed by atoms with Crippen molar-refractivity contribution in [3.63, 3.8) is 0 Å². The molecular formula is C15H27NO2. The van der Waals surface area contributed by atoms with Gasteiger partial charge >= 0.3 is 5.97 Å². The van der Waals surface area contributed by atoms with E-state index in [-0.39, 0.29) is 17.5 Å². The number of hydrogen-bond acceptors (Lipinski definition) is 3. The Labute approximate surface area is 111 Å². The average molecular weight is 253 g/mol. The molecule has 0 radical (unpaired) electrons. The Hall–Kier alpha value is -0.570. The molecule has 0 spiro atoms. The summed E-state index contributed by atoms with van der Waals surface area (Å²) in [5, 5.41) is 3.33. The SMILES string of the molecule is CCC1(C(=O)OC2CCCCC2C)CCNCC1. The summed E-state index contributed by atoms with van der Waals surface area (Å²) in [5.74, 6) is 0.614. The number of nitrogens with one attached hydrogen (secondary N) is 1. The van der Waals surface area contributed by atoms with Gasteiger partial charge in [-0.25, -0.2) is 0 Å². The van der Waals surface area contributed by atoms with Gasteiger partial charge in [0.15, 0.2) is 0 Å². The van der Waals surface area contributed by atoms with Gasteiger partial charge in [-0.1, -0.05) is 20.3 Å². The normalized spacial score (nSPS) is 31.9. The molecule has 2 fully saturated rings. The summed E-state index contributed by atoms with van der Waals surface area (Å²) in [6, 6.07) is 0. The van der Waals surface area contributed by atoms with Crippen molar-refractivity contribution in [2.24, 2.45) is 11.3 Å². The Kier molecular flexibility index (Phi) is 4.66. The Morgan fingerprint density at radius 1 is 1.28 bits per heavy atom. The molecule has 1 aliphatic carbocycles. The van der Waals surface area contributed by atoms with Crippen LogP contribution in [0.5, 0.6) is 0 Å². The zero-order valence-corrected chi connectivity index (χ0v) is 11.8. The lowest BCUT2D eigenvalue weighted by molar-refractivity contribution is -0.168. The standard InChI is InChI=1S/C15H27NO2/c1-3-15(8-10-16-11-9-15)14(17)18-13-7-5-4-6-12(13)2/h12-13,16H,3-11H2,1-2H3. The summed E-state index contributed by atoms with van der Waals surface area (Å²) in [6.45, 7) is 6.24. The highest BCUT2D eigenvalue weighted by molar-refractivity contribution is 5.77. The molecule has 0 aromatic heterocycles. The Morgan fingerprint density at radius 2 is 1.94 bits per heavy atom. The fourth-order valence-electron chi connectivity index (χ4n) is 3.33. The molecule has 1 saturated heterocycles. The smallest absolute Gasteiger partial charge is 0.312 e. The number of carbonyl (C=O) groups is 1. The molecule has 1 saturated carbocycles. The van der Waals surface area contributed by atoms with Gasteiger partial charge < -0.3 is 10.1 Å². The molecular weight excluding hydrogens is 226 g/mol. The molecule has 0 bridgehead atoms. The fourth-order valence-corrected chi connectivity index (χ4v) is 3.33. The maximum atomic E-state index is 12.5. The molecule has 0 aromatic carbocycles. The van der Waals surface area contributed by atoms with Gasteiger partial charge in [0.25, 0.3) is 0 Å². The molecule has 2 rings (SSSR count). The highest BCUT2D eigenvalue weighted by atomic mass is 16.5. The van der Waals surface area contributed by atoms with Crippen molar-refractivity contribution in [3.8, 4) is 0 Å². The molecule has 1 heterocycles. The van der Waals surface area contributed by atoms with Gasteiger partial charge in [0.2, 0.25) is 0 Å². The molecule has 18 heavy (non-hydrogen) atoms. The maximum Gasteiger partial charge on any atom is 0.312 e. The lowest BCUT2D eigenvalue weighted by Crippen LogP contribution is -2.44. The number of hydrogen-bond donors (Lipinski definition) is 1. The Bertz CT molecular complexity index is 284. The summed E-state index contributed by atoms with van der Waals surface area (Å²) >= 11 is 0. The van der Waals surface area contributed by atoms with Crippen LogP contribution in [0.25, 0.3) is 0 Å². The predicted molar refractivity (Wildman–Crippen MR) is 72.3 cm³/mol. The predicted octanol–water partition coefficient (Wildman–Crippen LogP) is 2.89. The van der Waals surface area contributed by atoms with Crippen molar-refractivity contribution in [3.05, 3.63) is 0 Å². The van der Waals surface area contributed by atoms with E-state index in [1.54, 1.807) is 0 Å². The fraction of sp³-hybridized carbons (Fsp3) is 0.933. The van der Waals surface area contributed by atoms with Gasteiger partial charge in [-0.2, -0.15) is 0 Å². The van der Waals surface area contributed by atoms with Crippen molar-refractivity contribution in [1.29, 1.82) is 0 Å². The summed E-state index contributed by atoms with van der Waals surface area (Å²) in [5.41, 5.74) is -0.206. The van der Waals surface area contributed by atoms with E-state index < -0.39 is 0 Å². The van der Waals surface area contributed by atoms with Crippen molar-refractivity contribution < 1.29 is 9.53 Å². The minimum Gasteiger partial charge on any atom is -0.462 e. The van der Waals surface area contributed by atoms with Crippen LogP contribution < -0.4 is 5.32 Å². The quantitative estimate of drug-likeness (QED) is 0.786. The number of rotatable bonds is 3. The van der Waals surface area contributed by atoms with Crippen LogP contribution in [0.1, 0.15) is 58.8 Å². The summed E-state index contributed by atoms with van der Waals surface area (Å²) in [4.78, 5) is 12.5. The van der Waals surface area contributed by atoms with E-state index in [2.05, 4.69) is 19.2 Å². The molecule has 2 atom stereocenters. The Balaban J connectivity index is 1.96. The molecule has 0 aromatic rings. The highest BCUT2D eigenvalue weighted by Crippen LogP contribution is 2.36. The number of carbonyl (C=O) groups excluding carboxylic acids is 1. The minimum absolute atomic E-state index is 0.0743. The lowest BCUT2D eigenvalue weighted by Gasteiger charge is -2.37. The van der Waals surface area contributed by atoms with Crippen LogP contribution in [0.2, 0.25) is 0 Å². The summed E-state index contributed by atoms with van der Waals surface area (Å²) in [6.07, 6.45) is 7.72. The molecule has 0 amide bonds. The van der Waals surface area contributed by atoms with E-state index in [0.29, 0.717) is 5.92 Å². The van der Waals surface area contributed by atoms with Crippen LogP contribution in [-0.4, -0.2) is 25.2 Å². The van der Waals surface area contributed by atoms with Crippen molar-refractivity contribution in [1.82, 2.24) is 5.32 Å². The second-order valence-corrected chi connectivity index (χ2v) is 6.09. The first-order valence-corrected chi connectivity index (χ1v) is 7.60. The van der Waals surface area contributed by atoms with E-state index in [9.17, 15) is 4.79 Å². The van der Waals surface area contributed by atoms with E-state index >= 15 is 0 Å². The second kappa shape index (κ2) is 6.05. The Morgan fingerprint density at radius 3 is 2.56 bits per heavy atom. The first-order chi connectivity index (χ1) is 8.68. The van der Waals surface area contributed by atoms with Gasteiger partial charge in [0.05, 0.1) is 5.41 Å². The molecule has 2 aliphatic rings. The van der Waals surface area contributed by atoms with Gasteiger partial charge in [-0.05, 0) is 57.5 Å². The van der Waals surface area contributed by atoms with Crippen LogP contribution in [0.3, 0.4) is 0 Å². The van der Waals surface area contributed by atoms with Crippen LogP contribution in [0, 0.1) is 11.3 Å². The molecule has 1 N–H and O–H groups in total. The number of ether oxygens (including phenoxy) is 1. The maximum absolute atomic E-state index is 12.5. The van der Waals surface area contributed by atoms with Crippen LogP contribution in [0.4, 0.5) is 0 Å². The molecule has 104 valence electrons. The van der Waals surface area contributed by atoms with E-state index in [4.69, 9.17) is 4.74 Å². The average Bonchev–Trinajstić information content (AvgIpc) is 2.42. The van der Waals surface area contributed by atoms with Gasteiger partial charge in [0, 0.05) is 0 Å². The number of piperidine rings is 1. The zero-order chi connectivity index (χ0) is 13.0. The molecule has 3 heteroatoms. The summed E-state index contributed by atoms with van der Waals surface area (Å²) < 4.78 is 5.87. The summed E-state index contributed by atoms with van der Waals surface area (Å²) in [7, 11) is 0. The second-order valence-electron chi connectivity index (χ2n) is 6.09. The molecule has 2 unspecified atom stereocenters. The third-order valence-corrected chi connectivity index (χ3v) is 4.96. The first kappa shape index (κ1) is 13.9. The zero-order valence-electron chi connectivity index (χ0n) is 11.8. The first-order valence-electron chi connectivity index (χ1n) is 7.60.